The number of para-hydroxylation sites is 1. The number of ether oxygens (including phenoxy) is 2. The molecule has 1 fully saturated rings. The summed E-state index contributed by atoms with van der Waals surface area (Å²) in [6, 6.07) is 26.2. The maximum atomic E-state index is 9.23. The zero-order valence-corrected chi connectivity index (χ0v) is 16.1. The molecule has 5 rings (SSSR count). The van der Waals surface area contributed by atoms with Crippen LogP contribution in [-0.2, 0) is 6.54 Å². The van der Waals surface area contributed by atoms with Crippen molar-refractivity contribution in [3.63, 3.8) is 0 Å². The Morgan fingerprint density at radius 1 is 0.966 bits per heavy atom. The molecule has 2 aliphatic rings. The monoisotopic (exact) mass is 382 g/mol. The number of likely N-dealkylation sites (tertiary alicyclic amines) is 1. The van der Waals surface area contributed by atoms with Crippen LogP contribution < -0.4 is 9.47 Å². The van der Waals surface area contributed by atoms with E-state index in [4.69, 9.17) is 9.47 Å². The lowest BCUT2D eigenvalue weighted by atomic mass is 9.86. The second-order valence-corrected chi connectivity index (χ2v) is 7.80. The van der Waals surface area contributed by atoms with Gasteiger partial charge in [-0.2, -0.15) is 5.26 Å². The van der Waals surface area contributed by atoms with Crippen LogP contribution in [0, 0.1) is 17.2 Å². The number of hydrogen-bond acceptors (Lipinski definition) is 4. The van der Waals surface area contributed by atoms with E-state index in [1.807, 2.05) is 60.7 Å². The van der Waals surface area contributed by atoms with Crippen LogP contribution in [0.4, 0.5) is 0 Å². The quantitative estimate of drug-likeness (QED) is 0.640. The molecular formula is C25H22N2O2. The fourth-order valence-electron chi connectivity index (χ4n) is 4.39. The highest BCUT2D eigenvalue weighted by molar-refractivity contribution is 5.46. The lowest BCUT2D eigenvalue weighted by molar-refractivity contribution is 0.212. The molecule has 0 aliphatic carbocycles. The molecule has 0 amide bonds. The number of nitrogens with zero attached hydrogens (tertiary/aromatic N) is 2. The number of rotatable bonds is 4. The lowest BCUT2D eigenvalue weighted by Crippen LogP contribution is -2.25. The molecule has 1 saturated heterocycles. The Labute approximate surface area is 170 Å². The van der Waals surface area contributed by atoms with E-state index in [0.717, 1.165) is 43.5 Å². The first-order chi connectivity index (χ1) is 14.3. The third-order valence-electron chi connectivity index (χ3n) is 5.82. The van der Waals surface area contributed by atoms with E-state index in [0.29, 0.717) is 17.4 Å². The highest BCUT2D eigenvalue weighted by atomic mass is 16.5. The Bertz CT molecular complexity index is 1040. The minimum atomic E-state index is 0.438. The summed E-state index contributed by atoms with van der Waals surface area (Å²) in [6.07, 6.45) is 0. The average Bonchev–Trinajstić information content (AvgIpc) is 3.18. The standard InChI is InChI=1S/C25H22N2O2/c26-13-19-8-11-25-23(12-19)24-16-27(15-20(24)17-28-25)14-18-6-9-22(10-7-18)29-21-4-2-1-3-5-21/h1-12,20,24H,14-17H2/t20-,24+/m0/s1. The summed E-state index contributed by atoms with van der Waals surface area (Å²) in [4.78, 5) is 2.49. The third kappa shape index (κ3) is 3.70. The van der Waals surface area contributed by atoms with E-state index in [1.165, 1.54) is 11.1 Å². The smallest absolute Gasteiger partial charge is 0.127 e. The van der Waals surface area contributed by atoms with Crippen molar-refractivity contribution in [1.82, 2.24) is 4.90 Å². The molecule has 0 aromatic heterocycles. The fraction of sp³-hybridized carbons (Fsp3) is 0.240. The van der Waals surface area contributed by atoms with Crippen molar-refractivity contribution in [2.24, 2.45) is 5.92 Å². The van der Waals surface area contributed by atoms with Crippen LogP contribution in [0.5, 0.6) is 17.2 Å². The van der Waals surface area contributed by atoms with Gasteiger partial charge < -0.3 is 9.47 Å². The van der Waals surface area contributed by atoms with Gasteiger partial charge in [0.1, 0.15) is 17.2 Å². The second kappa shape index (κ2) is 7.62. The first-order valence-electron chi connectivity index (χ1n) is 9.99. The van der Waals surface area contributed by atoms with E-state index < -0.39 is 0 Å². The molecular weight excluding hydrogens is 360 g/mol. The Kier molecular flexibility index (Phi) is 4.67. The Hall–Kier alpha value is -3.29. The highest BCUT2D eigenvalue weighted by Gasteiger charge is 2.38. The van der Waals surface area contributed by atoms with Gasteiger partial charge in [0, 0.05) is 37.0 Å². The molecule has 2 heterocycles. The highest BCUT2D eigenvalue weighted by Crippen LogP contribution is 2.42. The summed E-state index contributed by atoms with van der Waals surface area (Å²) < 4.78 is 11.8. The molecule has 0 spiro atoms. The normalized spacial score (nSPS) is 20.2. The minimum absolute atomic E-state index is 0.438. The molecule has 4 nitrogen and oxygen atoms in total. The molecule has 0 radical (unpaired) electrons. The van der Waals surface area contributed by atoms with Crippen molar-refractivity contribution in [3.05, 3.63) is 89.5 Å². The Balaban J connectivity index is 1.26. The van der Waals surface area contributed by atoms with Crippen LogP contribution in [-0.4, -0.2) is 24.6 Å². The van der Waals surface area contributed by atoms with Crippen molar-refractivity contribution in [2.75, 3.05) is 19.7 Å². The average molecular weight is 382 g/mol. The SMILES string of the molecule is N#Cc1ccc2c(c1)[C@@H]1CN(Cc3ccc(Oc4ccccc4)cc3)C[C@H]1CO2. The van der Waals surface area contributed by atoms with E-state index in [2.05, 4.69) is 23.1 Å². The molecule has 0 saturated carbocycles. The predicted molar refractivity (Wildman–Crippen MR) is 111 cm³/mol. The van der Waals surface area contributed by atoms with Gasteiger partial charge in [-0.3, -0.25) is 4.90 Å². The van der Waals surface area contributed by atoms with Crippen LogP contribution in [0.2, 0.25) is 0 Å². The third-order valence-corrected chi connectivity index (χ3v) is 5.82. The van der Waals surface area contributed by atoms with Crippen LogP contribution in [0.3, 0.4) is 0 Å². The van der Waals surface area contributed by atoms with Gasteiger partial charge >= 0.3 is 0 Å². The molecule has 144 valence electrons. The molecule has 3 aromatic rings. The molecule has 0 N–H and O–H groups in total. The largest absolute Gasteiger partial charge is 0.493 e. The zero-order valence-electron chi connectivity index (χ0n) is 16.1. The van der Waals surface area contributed by atoms with Gasteiger partial charge in [0.05, 0.1) is 18.2 Å². The van der Waals surface area contributed by atoms with Crippen LogP contribution in [0.15, 0.2) is 72.8 Å². The number of nitriles is 1. The number of fused-ring (bicyclic) bond motifs is 3. The fourth-order valence-corrected chi connectivity index (χ4v) is 4.39. The number of hydrogen-bond donors (Lipinski definition) is 0. The summed E-state index contributed by atoms with van der Waals surface area (Å²) in [5.41, 5.74) is 3.17. The van der Waals surface area contributed by atoms with E-state index in [1.54, 1.807) is 0 Å². The summed E-state index contributed by atoms with van der Waals surface area (Å²) in [7, 11) is 0. The molecule has 2 atom stereocenters. The van der Waals surface area contributed by atoms with Crippen molar-refractivity contribution in [1.29, 1.82) is 5.26 Å². The molecule has 29 heavy (non-hydrogen) atoms. The Morgan fingerprint density at radius 3 is 2.55 bits per heavy atom. The summed E-state index contributed by atoms with van der Waals surface area (Å²) in [5, 5.41) is 9.23. The van der Waals surface area contributed by atoms with Crippen LogP contribution in [0.25, 0.3) is 0 Å². The summed E-state index contributed by atoms with van der Waals surface area (Å²) in [6.45, 7) is 3.68. The predicted octanol–water partition coefficient (Wildman–Crippen LogP) is 4.96. The maximum absolute atomic E-state index is 9.23. The van der Waals surface area contributed by atoms with Gasteiger partial charge in [-0.25, -0.2) is 0 Å². The van der Waals surface area contributed by atoms with E-state index in [9.17, 15) is 5.26 Å². The van der Waals surface area contributed by atoms with Gasteiger partial charge in [0.2, 0.25) is 0 Å². The molecule has 0 bridgehead atoms. The summed E-state index contributed by atoms with van der Waals surface area (Å²) >= 11 is 0. The van der Waals surface area contributed by atoms with Crippen LogP contribution in [0.1, 0.15) is 22.6 Å². The van der Waals surface area contributed by atoms with Gasteiger partial charge in [-0.15, -0.1) is 0 Å². The number of benzene rings is 3. The van der Waals surface area contributed by atoms with Crippen LogP contribution >= 0.6 is 0 Å². The van der Waals surface area contributed by atoms with Gasteiger partial charge in [0.25, 0.3) is 0 Å². The van der Waals surface area contributed by atoms with Crippen molar-refractivity contribution >= 4 is 0 Å². The van der Waals surface area contributed by atoms with Gasteiger partial charge in [-0.1, -0.05) is 30.3 Å². The minimum Gasteiger partial charge on any atom is -0.493 e. The molecule has 3 aromatic carbocycles. The first kappa shape index (κ1) is 17.8. The lowest BCUT2D eigenvalue weighted by Gasteiger charge is -2.27. The zero-order chi connectivity index (χ0) is 19.6. The molecule has 4 heteroatoms. The van der Waals surface area contributed by atoms with Crippen molar-refractivity contribution in [3.8, 4) is 23.3 Å². The topological polar surface area (TPSA) is 45.5 Å². The molecule has 0 unspecified atom stereocenters. The Morgan fingerprint density at radius 2 is 1.76 bits per heavy atom. The summed E-state index contributed by atoms with van der Waals surface area (Å²) in [5.74, 6) is 3.56. The first-order valence-corrected chi connectivity index (χ1v) is 9.99. The van der Waals surface area contributed by atoms with Crippen molar-refractivity contribution < 1.29 is 9.47 Å². The van der Waals surface area contributed by atoms with E-state index >= 15 is 0 Å². The second-order valence-electron chi connectivity index (χ2n) is 7.80. The van der Waals surface area contributed by atoms with Crippen molar-refractivity contribution in [2.45, 2.75) is 12.5 Å². The van der Waals surface area contributed by atoms with Gasteiger partial charge in [0.15, 0.2) is 0 Å². The maximum Gasteiger partial charge on any atom is 0.127 e. The van der Waals surface area contributed by atoms with Gasteiger partial charge in [-0.05, 0) is 48.0 Å². The van der Waals surface area contributed by atoms with E-state index in [-0.39, 0.29) is 0 Å². The molecule has 2 aliphatic heterocycles.